The number of nitrogens with zero attached hydrogens (tertiary/aromatic N) is 5. The molecule has 13 nitrogen and oxygen atoms in total. The molecule has 1 aromatic heterocycles. The molecule has 3 heterocycles. The highest BCUT2D eigenvalue weighted by atomic mass is 16.7. The maximum absolute atomic E-state index is 14.0. The average Bonchev–Trinajstić information content (AvgIpc) is 3.74. The van der Waals surface area contributed by atoms with Gasteiger partial charge in [0.2, 0.25) is 23.7 Å². The number of rotatable bonds is 11. The maximum atomic E-state index is 14.0. The zero-order chi connectivity index (χ0) is 31.9. The summed E-state index contributed by atoms with van der Waals surface area (Å²) in [4.78, 5) is 41.5. The van der Waals surface area contributed by atoms with Crippen LogP contribution in [-0.4, -0.2) is 86.2 Å². The van der Waals surface area contributed by atoms with Crippen LogP contribution in [0.1, 0.15) is 71.8 Å². The van der Waals surface area contributed by atoms with Gasteiger partial charge in [0, 0.05) is 26.4 Å². The quantitative estimate of drug-likeness (QED) is 0.316. The lowest BCUT2D eigenvalue weighted by atomic mass is 9.43. The molecule has 7 rings (SSSR count). The number of aromatic nitrogens is 4. The molecule has 45 heavy (non-hydrogen) atoms. The van der Waals surface area contributed by atoms with E-state index in [1.807, 2.05) is 30.3 Å². The summed E-state index contributed by atoms with van der Waals surface area (Å²) in [7, 11) is -0.624. The molecular formula is C31H45BN8O5. The van der Waals surface area contributed by atoms with Gasteiger partial charge in [0.25, 0.3) is 0 Å². The molecule has 7 atom stereocenters. The summed E-state index contributed by atoms with van der Waals surface area (Å²) in [5.41, 5.74) is 6.57. The van der Waals surface area contributed by atoms with Crippen LogP contribution >= 0.6 is 0 Å². The Kier molecular flexibility index (Phi) is 8.64. The van der Waals surface area contributed by atoms with Gasteiger partial charge in [-0.2, -0.15) is 0 Å². The van der Waals surface area contributed by atoms with Gasteiger partial charge in [-0.25, -0.2) is 4.68 Å². The molecule has 14 heteroatoms. The Labute approximate surface area is 264 Å². The molecule has 5 fully saturated rings. The smallest absolute Gasteiger partial charge is 0.404 e. The van der Waals surface area contributed by atoms with Gasteiger partial charge in [0.1, 0.15) is 12.1 Å². The molecular weight excluding hydrogens is 575 g/mol. The molecule has 1 aromatic carbocycles. The number of likely N-dealkylation sites (tertiary alicyclic amines) is 1. The van der Waals surface area contributed by atoms with E-state index in [0.29, 0.717) is 57.0 Å². The Morgan fingerprint density at radius 1 is 1.16 bits per heavy atom. The molecule has 0 radical (unpaired) electrons. The highest BCUT2D eigenvalue weighted by Crippen LogP contribution is 2.65. The Hall–Kier alpha value is -3.52. The van der Waals surface area contributed by atoms with Gasteiger partial charge in [-0.05, 0) is 78.7 Å². The summed E-state index contributed by atoms with van der Waals surface area (Å²) < 4.78 is 14.9. The third-order valence-corrected chi connectivity index (χ3v) is 10.9. The summed E-state index contributed by atoms with van der Waals surface area (Å²) in [6, 6.07) is 8.13. The van der Waals surface area contributed by atoms with Crippen LogP contribution in [0.3, 0.4) is 0 Å². The summed E-state index contributed by atoms with van der Waals surface area (Å²) in [6.07, 6.45) is 4.77. The minimum absolute atomic E-state index is 0.0326. The van der Waals surface area contributed by atoms with Crippen LogP contribution in [0, 0.1) is 17.3 Å². The first-order valence-electron chi connectivity index (χ1n) is 16.2. The SMILES string of the molecule is CC(=O)N[C@H](Cc1ccccc1)C(=O)N1CCC[C@H]1C(=O)N[C@@H](CCCn1nnnc1N)B1O[C@@H]2CC3CC(C3(C)C)[C@]2(C)O1. The van der Waals surface area contributed by atoms with Crippen molar-refractivity contribution in [2.45, 2.75) is 109 Å². The maximum Gasteiger partial charge on any atom is 0.481 e. The van der Waals surface area contributed by atoms with E-state index in [4.69, 9.17) is 15.0 Å². The van der Waals surface area contributed by atoms with E-state index in [-0.39, 0.29) is 35.2 Å². The minimum atomic E-state index is -0.768. The molecule has 2 aliphatic heterocycles. The Morgan fingerprint density at radius 3 is 2.62 bits per heavy atom. The highest BCUT2D eigenvalue weighted by Gasteiger charge is 2.68. The second-order valence-electron chi connectivity index (χ2n) is 14.0. The highest BCUT2D eigenvalue weighted by molar-refractivity contribution is 6.47. The van der Waals surface area contributed by atoms with Crippen molar-refractivity contribution < 1.29 is 23.7 Å². The third-order valence-electron chi connectivity index (χ3n) is 10.9. The average molecular weight is 621 g/mol. The van der Waals surface area contributed by atoms with Crippen molar-refractivity contribution in [3.05, 3.63) is 35.9 Å². The van der Waals surface area contributed by atoms with E-state index < -0.39 is 30.7 Å². The topological polar surface area (TPSA) is 167 Å². The van der Waals surface area contributed by atoms with E-state index in [2.05, 4.69) is 46.9 Å². The number of nitrogens with one attached hydrogen (secondary N) is 2. The van der Waals surface area contributed by atoms with Crippen LogP contribution in [-0.2, 0) is 36.7 Å². The monoisotopic (exact) mass is 620 g/mol. The molecule has 3 saturated carbocycles. The molecule has 4 N–H and O–H groups in total. The fourth-order valence-electron chi connectivity index (χ4n) is 8.26. The largest absolute Gasteiger partial charge is 0.481 e. The Morgan fingerprint density at radius 2 is 1.93 bits per heavy atom. The van der Waals surface area contributed by atoms with Crippen LogP contribution in [0.5, 0.6) is 0 Å². The summed E-state index contributed by atoms with van der Waals surface area (Å²) in [5, 5.41) is 17.4. The predicted molar refractivity (Wildman–Crippen MR) is 166 cm³/mol. The summed E-state index contributed by atoms with van der Waals surface area (Å²) in [5.74, 6) is -0.0324. The Balaban J connectivity index is 1.17. The zero-order valence-electron chi connectivity index (χ0n) is 26.6. The normalized spacial score (nSPS) is 29.4. The van der Waals surface area contributed by atoms with Crippen LogP contribution < -0.4 is 16.4 Å². The molecule has 5 aliphatic rings. The first-order chi connectivity index (χ1) is 21.5. The van der Waals surface area contributed by atoms with Crippen molar-refractivity contribution in [3.8, 4) is 0 Å². The zero-order valence-corrected chi connectivity index (χ0v) is 26.6. The van der Waals surface area contributed by atoms with Crippen LogP contribution in [0.15, 0.2) is 30.3 Å². The van der Waals surface area contributed by atoms with Gasteiger partial charge in [-0.1, -0.05) is 49.3 Å². The third kappa shape index (κ3) is 6.06. The van der Waals surface area contributed by atoms with Crippen molar-refractivity contribution in [1.29, 1.82) is 0 Å². The van der Waals surface area contributed by atoms with E-state index in [1.54, 1.807) is 4.90 Å². The number of nitrogen functional groups attached to an aromatic ring is 1. The van der Waals surface area contributed by atoms with Crippen molar-refractivity contribution >= 4 is 30.8 Å². The second-order valence-corrected chi connectivity index (χ2v) is 14.0. The van der Waals surface area contributed by atoms with Crippen molar-refractivity contribution in [2.24, 2.45) is 17.3 Å². The van der Waals surface area contributed by atoms with Crippen molar-refractivity contribution in [3.63, 3.8) is 0 Å². The number of amides is 3. The first kappa shape index (κ1) is 31.5. The lowest BCUT2D eigenvalue weighted by molar-refractivity contribution is -0.199. The minimum Gasteiger partial charge on any atom is -0.404 e. The molecule has 2 saturated heterocycles. The molecule has 2 bridgehead atoms. The van der Waals surface area contributed by atoms with Gasteiger partial charge < -0.3 is 30.6 Å². The number of aryl methyl sites for hydroxylation is 1. The van der Waals surface area contributed by atoms with Crippen LogP contribution in [0.25, 0.3) is 0 Å². The van der Waals surface area contributed by atoms with Crippen molar-refractivity contribution in [2.75, 3.05) is 12.3 Å². The number of carbonyl (C=O) groups excluding carboxylic acids is 3. The number of benzene rings is 1. The van der Waals surface area contributed by atoms with E-state index in [1.165, 1.54) is 11.6 Å². The first-order valence-corrected chi connectivity index (χ1v) is 16.2. The number of anilines is 1. The standard InChI is InChI=1S/C31H45BN8O5/c1-19(41)34-22(16-20-10-6-5-7-11-20)28(43)39-14-8-12-23(39)27(42)35-26(13-9-15-40-29(33)36-37-38-40)32-44-25-18-21-17-24(30(21,2)3)31(25,4)45-32/h5-7,10-11,21-26H,8-9,12-18H2,1-4H3,(H,34,41)(H,35,42)(H2,33,36,38)/t21?,22-,23+,24?,25-,26+,31+/m1/s1. The Bertz CT molecular complexity index is 1410. The fraction of sp³-hybridized carbons (Fsp3) is 0.677. The molecule has 242 valence electrons. The molecule has 2 unspecified atom stereocenters. The van der Waals surface area contributed by atoms with Gasteiger partial charge in [-0.15, -0.1) is 0 Å². The summed E-state index contributed by atoms with van der Waals surface area (Å²) in [6.45, 7) is 9.11. The van der Waals surface area contributed by atoms with Gasteiger partial charge in [0.05, 0.1) is 17.6 Å². The van der Waals surface area contributed by atoms with Crippen LogP contribution in [0.4, 0.5) is 5.95 Å². The molecule has 3 amide bonds. The van der Waals surface area contributed by atoms with Crippen molar-refractivity contribution in [1.82, 2.24) is 35.7 Å². The molecule has 3 aliphatic carbocycles. The lowest BCUT2D eigenvalue weighted by Gasteiger charge is -2.64. The van der Waals surface area contributed by atoms with Gasteiger partial charge in [-0.3, -0.25) is 14.4 Å². The second kappa shape index (κ2) is 12.4. The van der Waals surface area contributed by atoms with Gasteiger partial charge >= 0.3 is 7.12 Å². The van der Waals surface area contributed by atoms with Crippen LogP contribution in [0.2, 0.25) is 0 Å². The van der Waals surface area contributed by atoms with E-state index >= 15 is 0 Å². The predicted octanol–water partition coefficient (Wildman–Crippen LogP) is 1.53. The lowest BCUT2D eigenvalue weighted by Crippen LogP contribution is -2.65. The number of carbonyl (C=O) groups is 3. The molecule has 0 spiro atoms. The summed E-state index contributed by atoms with van der Waals surface area (Å²) >= 11 is 0. The number of tetrazole rings is 1. The van der Waals surface area contributed by atoms with E-state index in [0.717, 1.165) is 18.4 Å². The van der Waals surface area contributed by atoms with E-state index in [9.17, 15) is 14.4 Å². The number of hydrogen-bond acceptors (Lipinski definition) is 9. The number of hydrogen-bond donors (Lipinski definition) is 3. The number of nitrogens with two attached hydrogens (primary N) is 1. The van der Waals surface area contributed by atoms with Gasteiger partial charge in [0.15, 0.2) is 0 Å². The molecule has 2 aromatic rings. The fourth-order valence-corrected chi connectivity index (χ4v) is 8.26.